The summed E-state index contributed by atoms with van der Waals surface area (Å²) in [5.41, 5.74) is 2.78. The first kappa shape index (κ1) is 25.5. The van der Waals surface area contributed by atoms with Crippen molar-refractivity contribution in [1.29, 1.82) is 0 Å². The number of benzene rings is 2. The number of aryl methyl sites for hydroxylation is 1. The molecule has 4 aromatic rings. The monoisotopic (exact) mass is 543 g/mol. The zero-order chi connectivity index (χ0) is 25.8. The Labute approximate surface area is 221 Å². The van der Waals surface area contributed by atoms with Gasteiger partial charge in [-0.05, 0) is 42.3 Å². The van der Waals surface area contributed by atoms with Crippen LogP contribution in [0.15, 0.2) is 65.7 Å². The Kier molecular flexibility index (Phi) is 7.79. The van der Waals surface area contributed by atoms with Gasteiger partial charge in [0.25, 0.3) is 5.56 Å². The molecule has 0 aliphatic rings. The average molecular weight is 545 g/mol. The molecule has 0 atom stereocenters. The molecule has 2 aromatic heterocycles. The number of anilines is 2. The molecule has 2 aromatic carbocycles. The van der Waals surface area contributed by atoms with Crippen LogP contribution < -0.4 is 20.9 Å². The van der Waals surface area contributed by atoms with Crippen LogP contribution in [0.5, 0.6) is 5.75 Å². The number of ether oxygens (including phenoxy) is 1. The first-order chi connectivity index (χ1) is 17.3. The number of carbonyl (C=O) groups is 1. The topological polar surface area (TPSA) is 98.1 Å². The number of hydrogen-bond acceptors (Lipinski definition) is 5. The molecule has 0 spiro atoms. The summed E-state index contributed by atoms with van der Waals surface area (Å²) < 4.78 is 6.50. The van der Waals surface area contributed by atoms with Crippen LogP contribution in [0.3, 0.4) is 0 Å². The predicted molar refractivity (Wildman–Crippen MR) is 144 cm³/mol. The molecular formula is C25H20Cl3N5O3. The van der Waals surface area contributed by atoms with Gasteiger partial charge in [0, 0.05) is 24.5 Å². The van der Waals surface area contributed by atoms with Gasteiger partial charge in [-0.2, -0.15) is 5.10 Å². The summed E-state index contributed by atoms with van der Waals surface area (Å²) in [4.78, 5) is 29.4. The fourth-order valence-corrected chi connectivity index (χ4v) is 4.21. The summed E-state index contributed by atoms with van der Waals surface area (Å²) >= 11 is 18.4. The van der Waals surface area contributed by atoms with Crippen LogP contribution in [0.25, 0.3) is 22.4 Å². The molecule has 0 radical (unpaired) electrons. The largest absolute Gasteiger partial charge is 0.495 e. The molecule has 0 bridgehead atoms. The second-order valence-corrected chi connectivity index (χ2v) is 8.77. The Bertz CT molecular complexity index is 1490. The molecule has 11 heteroatoms. The maximum Gasteiger partial charge on any atom is 0.323 e. The molecule has 184 valence electrons. The van der Waals surface area contributed by atoms with E-state index < -0.39 is 11.6 Å². The average Bonchev–Trinajstić information content (AvgIpc) is 2.87. The summed E-state index contributed by atoms with van der Waals surface area (Å²) in [5, 5.41) is 10.4. The summed E-state index contributed by atoms with van der Waals surface area (Å²) in [5.74, 6) is 0.580. The van der Waals surface area contributed by atoms with Crippen molar-refractivity contribution in [2.45, 2.75) is 13.5 Å². The van der Waals surface area contributed by atoms with Gasteiger partial charge < -0.3 is 15.4 Å². The fourth-order valence-electron chi connectivity index (χ4n) is 3.49. The Hall–Kier alpha value is -3.59. The fraction of sp³-hybridized carbons (Fsp3) is 0.120. The maximum absolute atomic E-state index is 12.9. The van der Waals surface area contributed by atoms with Crippen molar-refractivity contribution < 1.29 is 9.53 Å². The Balaban J connectivity index is 1.67. The Morgan fingerprint density at radius 1 is 0.944 bits per heavy atom. The van der Waals surface area contributed by atoms with Crippen molar-refractivity contribution >= 4 is 52.2 Å². The van der Waals surface area contributed by atoms with Crippen LogP contribution in [0, 0.1) is 0 Å². The van der Waals surface area contributed by atoms with E-state index in [0.29, 0.717) is 23.0 Å². The van der Waals surface area contributed by atoms with E-state index >= 15 is 0 Å². The van der Waals surface area contributed by atoms with E-state index in [9.17, 15) is 9.59 Å². The van der Waals surface area contributed by atoms with Crippen LogP contribution >= 0.6 is 34.8 Å². The molecule has 4 rings (SSSR count). The van der Waals surface area contributed by atoms with E-state index in [1.807, 2.05) is 36.4 Å². The van der Waals surface area contributed by atoms with Crippen LogP contribution in [0.1, 0.15) is 6.92 Å². The van der Waals surface area contributed by atoms with Gasteiger partial charge in [-0.3, -0.25) is 9.78 Å². The van der Waals surface area contributed by atoms with Crippen molar-refractivity contribution in [2.24, 2.45) is 0 Å². The minimum Gasteiger partial charge on any atom is -0.495 e. The third-order valence-corrected chi connectivity index (χ3v) is 6.13. The summed E-state index contributed by atoms with van der Waals surface area (Å²) in [6, 6.07) is 13.9. The van der Waals surface area contributed by atoms with Gasteiger partial charge in [-0.25, -0.2) is 9.48 Å². The zero-order valence-electron chi connectivity index (χ0n) is 19.2. The zero-order valence-corrected chi connectivity index (χ0v) is 21.4. The van der Waals surface area contributed by atoms with Gasteiger partial charge in [0.05, 0.1) is 33.6 Å². The molecular weight excluding hydrogens is 525 g/mol. The smallest absolute Gasteiger partial charge is 0.323 e. The minimum atomic E-state index is -0.691. The summed E-state index contributed by atoms with van der Waals surface area (Å²) in [7, 11) is 1.56. The third kappa shape index (κ3) is 5.46. The molecule has 2 heterocycles. The number of aromatic nitrogens is 3. The van der Waals surface area contributed by atoms with E-state index in [4.69, 9.17) is 39.5 Å². The molecule has 0 aliphatic carbocycles. The van der Waals surface area contributed by atoms with E-state index in [2.05, 4.69) is 20.7 Å². The van der Waals surface area contributed by atoms with Crippen molar-refractivity contribution in [2.75, 3.05) is 17.7 Å². The first-order valence-electron chi connectivity index (χ1n) is 10.7. The highest BCUT2D eigenvalue weighted by Gasteiger charge is 2.15. The number of urea groups is 1. The number of rotatable bonds is 6. The molecule has 36 heavy (non-hydrogen) atoms. The third-order valence-electron chi connectivity index (χ3n) is 5.26. The number of hydrogen-bond donors (Lipinski definition) is 2. The summed E-state index contributed by atoms with van der Waals surface area (Å²) in [6.45, 7) is 2.09. The molecule has 0 unspecified atom stereocenters. The lowest BCUT2D eigenvalue weighted by molar-refractivity contribution is 0.262. The summed E-state index contributed by atoms with van der Waals surface area (Å²) in [6.07, 6.45) is 2.70. The highest BCUT2D eigenvalue weighted by Crippen LogP contribution is 2.32. The minimum absolute atomic E-state index is 0.0403. The molecule has 0 saturated heterocycles. The van der Waals surface area contributed by atoms with Gasteiger partial charge in [0.1, 0.15) is 11.4 Å². The van der Waals surface area contributed by atoms with Gasteiger partial charge in [-0.15, -0.1) is 0 Å². The number of methoxy groups -OCH3 is 1. The number of amides is 2. The predicted octanol–water partition coefficient (Wildman–Crippen LogP) is 6.61. The number of pyridine rings is 1. The number of nitrogens with one attached hydrogen (secondary N) is 2. The molecule has 0 fully saturated rings. The second-order valence-electron chi connectivity index (χ2n) is 7.55. The van der Waals surface area contributed by atoms with Gasteiger partial charge >= 0.3 is 6.03 Å². The van der Waals surface area contributed by atoms with E-state index in [1.54, 1.807) is 20.1 Å². The number of halogens is 3. The van der Waals surface area contributed by atoms with Crippen LogP contribution in [-0.4, -0.2) is 27.9 Å². The SMILES string of the molecule is CCn1nc(-c2cccc(-c3ccc(OC)c(Cl)c3)c2)cc(NC(=O)Nc2c(Cl)cncc2Cl)c1=O. The Morgan fingerprint density at radius 3 is 2.31 bits per heavy atom. The molecule has 0 aliphatic heterocycles. The van der Waals surface area contributed by atoms with Crippen molar-refractivity contribution in [3.05, 3.63) is 86.3 Å². The highest BCUT2D eigenvalue weighted by molar-refractivity contribution is 6.39. The quantitative estimate of drug-likeness (QED) is 0.285. The van der Waals surface area contributed by atoms with Gasteiger partial charge in [0.15, 0.2) is 0 Å². The van der Waals surface area contributed by atoms with Crippen LogP contribution in [0.2, 0.25) is 15.1 Å². The maximum atomic E-state index is 12.9. The molecule has 8 nitrogen and oxygen atoms in total. The second kappa shape index (κ2) is 11.0. The van der Waals surface area contributed by atoms with E-state index in [1.165, 1.54) is 23.1 Å². The number of carbonyl (C=O) groups excluding carboxylic acids is 1. The van der Waals surface area contributed by atoms with Crippen molar-refractivity contribution in [3.8, 4) is 28.1 Å². The lowest BCUT2D eigenvalue weighted by atomic mass is 10.0. The lowest BCUT2D eigenvalue weighted by Gasteiger charge is -2.13. The lowest BCUT2D eigenvalue weighted by Crippen LogP contribution is -2.29. The normalized spacial score (nSPS) is 10.7. The first-order valence-corrected chi connectivity index (χ1v) is 11.9. The standard InChI is InChI=1S/C25H20Cl3N5O3/c1-3-33-24(34)21(30-25(35)31-23-18(27)12-29-13-19(23)28)11-20(32-33)16-6-4-5-14(9-16)15-7-8-22(36-2)17(26)10-15/h4-13H,3H2,1-2H3,(H2,29,30,31,35). The molecule has 0 saturated carbocycles. The Morgan fingerprint density at radius 2 is 1.64 bits per heavy atom. The van der Waals surface area contributed by atoms with Crippen molar-refractivity contribution in [3.63, 3.8) is 0 Å². The van der Waals surface area contributed by atoms with Crippen LogP contribution in [-0.2, 0) is 6.54 Å². The molecule has 2 N–H and O–H groups in total. The molecule has 2 amide bonds. The van der Waals surface area contributed by atoms with E-state index in [-0.39, 0.29) is 21.4 Å². The van der Waals surface area contributed by atoms with E-state index in [0.717, 1.165) is 16.7 Å². The van der Waals surface area contributed by atoms with Gasteiger partial charge in [0.2, 0.25) is 0 Å². The number of nitrogens with zero attached hydrogens (tertiary/aromatic N) is 3. The van der Waals surface area contributed by atoms with Crippen molar-refractivity contribution in [1.82, 2.24) is 14.8 Å². The van der Waals surface area contributed by atoms with Gasteiger partial charge in [-0.1, -0.05) is 59.1 Å². The highest BCUT2D eigenvalue weighted by atomic mass is 35.5. The van der Waals surface area contributed by atoms with Crippen LogP contribution in [0.4, 0.5) is 16.2 Å².